The van der Waals surface area contributed by atoms with E-state index in [2.05, 4.69) is 39.5 Å². The Morgan fingerprint density at radius 1 is 1.39 bits per heavy atom. The van der Waals surface area contributed by atoms with Gasteiger partial charge in [0.2, 0.25) is 0 Å². The van der Waals surface area contributed by atoms with Crippen molar-refractivity contribution < 1.29 is 24.9 Å². The van der Waals surface area contributed by atoms with Crippen molar-refractivity contribution in [3.8, 4) is 0 Å². The van der Waals surface area contributed by atoms with Gasteiger partial charge in [-0.1, -0.05) is 62.8 Å². The van der Waals surface area contributed by atoms with Crippen molar-refractivity contribution in [3.05, 3.63) is 59.8 Å². The van der Waals surface area contributed by atoms with Gasteiger partial charge >= 0.3 is 5.97 Å². The van der Waals surface area contributed by atoms with Crippen LogP contribution < -0.4 is 0 Å². The van der Waals surface area contributed by atoms with Crippen LogP contribution in [0.3, 0.4) is 0 Å². The van der Waals surface area contributed by atoms with Gasteiger partial charge in [-0.25, -0.2) is 4.79 Å². The van der Waals surface area contributed by atoms with Crippen LogP contribution in [0, 0.1) is 23.7 Å². The third kappa shape index (κ3) is 4.36. The lowest BCUT2D eigenvalue weighted by Crippen LogP contribution is -2.56. The zero-order valence-electron chi connectivity index (χ0n) is 19.0. The van der Waals surface area contributed by atoms with Crippen molar-refractivity contribution in [1.29, 1.82) is 0 Å². The molecule has 0 aromatic carbocycles. The Bertz CT molecular complexity index is 835. The maximum atomic E-state index is 12.1. The van der Waals surface area contributed by atoms with Crippen molar-refractivity contribution in [2.45, 2.75) is 70.9 Å². The smallest absolute Gasteiger partial charge is 0.328 e. The summed E-state index contributed by atoms with van der Waals surface area (Å²) in [6.07, 6.45) is 10.6. The second kappa shape index (κ2) is 9.27. The summed E-state index contributed by atoms with van der Waals surface area (Å²) in [6.45, 7) is 12.5. The Labute approximate surface area is 185 Å². The van der Waals surface area contributed by atoms with E-state index in [9.17, 15) is 15.0 Å². The van der Waals surface area contributed by atoms with Crippen LogP contribution in [-0.4, -0.2) is 45.2 Å². The van der Waals surface area contributed by atoms with Crippen LogP contribution in [0.4, 0.5) is 0 Å². The molecular formula is C26H36O5. The molecule has 3 N–H and O–H groups in total. The Morgan fingerprint density at radius 3 is 2.74 bits per heavy atom. The van der Waals surface area contributed by atoms with E-state index in [1.807, 2.05) is 6.92 Å². The number of hydrogen-bond acceptors (Lipinski definition) is 4. The summed E-state index contributed by atoms with van der Waals surface area (Å²) >= 11 is 0. The highest BCUT2D eigenvalue weighted by Gasteiger charge is 2.58. The van der Waals surface area contributed by atoms with E-state index in [0.29, 0.717) is 5.57 Å². The monoisotopic (exact) mass is 428 g/mol. The number of rotatable bonds is 5. The number of aliphatic hydroxyl groups excluding tert-OH is 1. The first-order valence-electron chi connectivity index (χ1n) is 11.3. The Balaban J connectivity index is 2.08. The van der Waals surface area contributed by atoms with Crippen LogP contribution in [0.2, 0.25) is 0 Å². The van der Waals surface area contributed by atoms with Gasteiger partial charge in [-0.05, 0) is 55.6 Å². The van der Waals surface area contributed by atoms with Crippen LogP contribution in [0.15, 0.2) is 59.8 Å². The molecule has 1 fully saturated rings. The second-order valence-electron chi connectivity index (χ2n) is 9.46. The third-order valence-corrected chi connectivity index (χ3v) is 7.51. The molecule has 0 bridgehead atoms. The minimum atomic E-state index is -1.34. The molecule has 0 amide bonds. The number of fused-ring (bicyclic) bond motifs is 3. The molecule has 8 unspecified atom stereocenters. The Kier molecular flexibility index (Phi) is 7.09. The lowest BCUT2D eigenvalue weighted by Gasteiger charge is -2.51. The Morgan fingerprint density at radius 2 is 2.10 bits per heavy atom. The SMILES string of the molecule is C=C1C(C(C)CC)OC(C=CC=CC(=O)O)C(O)C2C3CC=C(C)CC3C=C(C)C12O. The summed E-state index contributed by atoms with van der Waals surface area (Å²) < 4.78 is 6.38. The summed E-state index contributed by atoms with van der Waals surface area (Å²) in [5, 5.41) is 32.5. The molecule has 1 heterocycles. The van der Waals surface area contributed by atoms with Gasteiger partial charge in [0.05, 0.1) is 12.2 Å². The average molecular weight is 429 g/mol. The lowest BCUT2D eigenvalue weighted by atomic mass is 9.56. The first kappa shape index (κ1) is 23.7. The minimum absolute atomic E-state index is 0.0777. The number of carboxylic acid groups (broad SMARTS) is 1. The molecule has 5 nitrogen and oxygen atoms in total. The maximum absolute atomic E-state index is 12.1. The fourth-order valence-corrected chi connectivity index (χ4v) is 5.62. The number of allylic oxidation sites excluding steroid dienone is 5. The highest BCUT2D eigenvalue weighted by molar-refractivity contribution is 5.80. The molecule has 3 rings (SSSR count). The number of aliphatic carboxylic acids is 1. The molecule has 3 aliphatic rings. The van der Waals surface area contributed by atoms with E-state index < -0.39 is 35.8 Å². The predicted molar refractivity (Wildman–Crippen MR) is 121 cm³/mol. The number of ether oxygens (including phenoxy) is 1. The summed E-state index contributed by atoms with van der Waals surface area (Å²) in [4.78, 5) is 10.8. The van der Waals surface area contributed by atoms with Gasteiger partial charge in [0.1, 0.15) is 11.7 Å². The normalized spacial score (nSPS) is 39.5. The van der Waals surface area contributed by atoms with Crippen molar-refractivity contribution >= 4 is 5.97 Å². The number of hydrogen-bond donors (Lipinski definition) is 3. The molecule has 1 aliphatic heterocycles. The quantitative estimate of drug-likeness (QED) is 0.347. The van der Waals surface area contributed by atoms with Crippen LogP contribution in [0.1, 0.15) is 47.0 Å². The van der Waals surface area contributed by atoms with Crippen molar-refractivity contribution in [1.82, 2.24) is 0 Å². The molecule has 8 atom stereocenters. The topological polar surface area (TPSA) is 87.0 Å². The predicted octanol–water partition coefficient (Wildman–Crippen LogP) is 4.19. The standard InChI is InChI=1S/C26H36O5/c1-6-16(3)25-18(5)26(30)17(4)14-19-13-15(2)11-12-20(19)23(26)24(29)21(31-25)9-7-8-10-22(27)28/h7-11,14,16,19-21,23-25,29-30H,5-6,12-13H2,1-4H3,(H,27,28). The molecule has 0 radical (unpaired) electrons. The van der Waals surface area contributed by atoms with Gasteiger partial charge in [-0.15, -0.1) is 0 Å². The summed E-state index contributed by atoms with van der Waals surface area (Å²) in [5.41, 5.74) is 1.44. The Hall–Kier alpha value is -1.95. The molecule has 5 heteroatoms. The van der Waals surface area contributed by atoms with Crippen molar-refractivity contribution in [2.75, 3.05) is 0 Å². The van der Waals surface area contributed by atoms with E-state index in [1.165, 1.54) is 11.6 Å². The van der Waals surface area contributed by atoms with Crippen LogP contribution in [-0.2, 0) is 9.53 Å². The zero-order chi connectivity index (χ0) is 22.9. The molecule has 0 saturated carbocycles. The van der Waals surface area contributed by atoms with Crippen molar-refractivity contribution in [3.63, 3.8) is 0 Å². The van der Waals surface area contributed by atoms with Crippen LogP contribution in [0.5, 0.6) is 0 Å². The number of carbonyl (C=O) groups is 1. The van der Waals surface area contributed by atoms with Gasteiger partial charge in [-0.3, -0.25) is 0 Å². The molecule has 0 aromatic heterocycles. The van der Waals surface area contributed by atoms with E-state index >= 15 is 0 Å². The summed E-state index contributed by atoms with van der Waals surface area (Å²) in [7, 11) is 0. The summed E-state index contributed by atoms with van der Waals surface area (Å²) in [6, 6.07) is 0. The molecule has 2 aliphatic carbocycles. The van der Waals surface area contributed by atoms with Gasteiger partial charge in [-0.2, -0.15) is 0 Å². The fourth-order valence-electron chi connectivity index (χ4n) is 5.62. The fraction of sp³-hybridized carbons (Fsp3) is 0.577. The maximum Gasteiger partial charge on any atom is 0.328 e. The van der Waals surface area contributed by atoms with E-state index in [0.717, 1.165) is 30.9 Å². The van der Waals surface area contributed by atoms with Gasteiger partial charge in [0.15, 0.2) is 0 Å². The van der Waals surface area contributed by atoms with E-state index in [4.69, 9.17) is 9.84 Å². The first-order chi connectivity index (χ1) is 14.6. The molecule has 0 aromatic rings. The highest BCUT2D eigenvalue weighted by Crippen LogP contribution is 2.54. The minimum Gasteiger partial charge on any atom is -0.478 e. The third-order valence-electron chi connectivity index (χ3n) is 7.51. The van der Waals surface area contributed by atoms with Gasteiger partial charge in [0, 0.05) is 12.0 Å². The first-order valence-corrected chi connectivity index (χ1v) is 11.3. The lowest BCUT2D eigenvalue weighted by molar-refractivity contribution is -0.131. The molecule has 31 heavy (non-hydrogen) atoms. The van der Waals surface area contributed by atoms with Gasteiger partial charge in [0.25, 0.3) is 0 Å². The molecular weight excluding hydrogens is 392 g/mol. The number of aliphatic hydroxyl groups is 2. The second-order valence-corrected chi connectivity index (χ2v) is 9.46. The van der Waals surface area contributed by atoms with Gasteiger partial charge < -0.3 is 20.1 Å². The number of carboxylic acids is 1. The van der Waals surface area contributed by atoms with E-state index in [-0.39, 0.29) is 17.8 Å². The molecule has 170 valence electrons. The van der Waals surface area contributed by atoms with Crippen molar-refractivity contribution in [2.24, 2.45) is 23.7 Å². The zero-order valence-corrected chi connectivity index (χ0v) is 19.0. The molecule has 0 spiro atoms. The largest absolute Gasteiger partial charge is 0.478 e. The summed E-state index contributed by atoms with van der Waals surface area (Å²) in [5.74, 6) is -1.05. The average Bonchev–Trinajstić information content (AvgIpc) is 2.80. The van der Waals surface area contributed by atoms with E-state index in [1.54, 1.807) is 12.2 Å². The molecule has 1 saturated heterocycles. The van der Waals surface area contributed by atoms with Crippen LogP contribution >= 0.6 is 0 Å². The van der Waals surface area contributed by atoms with Crippen LogP contribution in [0.25, 0.3) is 0 Å². The highest BCUT2D eigenvalue weighted by atomic mass is 16.5.